The molecule has 1 radical (unpaired) electrons. The fraction of sp³-hybridized carbons (Fsp3) is 1.00. The summed E-state index contributed by atoms with van der Waals surface area (Å²) in [6.07, 6.45) is 0.793. The fourth-order valence-corrected chi connectivity index (χ4v) is 1.03. The highest BCUT2D eigenvalue weighted by Gasteiger charge is 2.08. The summed E-state index contributed by atoms with van der Waals surface area (Å²) in [6, 6.07) is 0. The maximum absolute atomic E-state index is 10.0. The number of hydrogen-bond acceptors (Lipinski definition) is 2. The summed E-state index contributed by atoms with van der Waals surface area (Å²) < 4.78 is 0. The van der Waals surface area contributed by atoms with Crippen molar-refractivity contribution in [1.82, 2.24) is 10.2 Å². The van der Waals surface area contributed by atoms with Crippen molar-refractivity contribution in [2.24, 2.45) is 0 Å². The van der Waals surface area contributed by atoms with E-state index in [1.54, 1.807) is 0 Å². The van der Waals surface area contributed by atoms with Crippen molar-refractivity contribution in [2.75, 3.05) is 32.9 Å². The van der Waals surface area contributed by atoms with Crippen LogP contribution in [0.25, 0.3) is 0 Å². The van der Waals surface area contributed by atoms with Gasteiger partial charge in [-0.1, -0.05) is 0 Å². The van der Waals surface area contributed by atoms with Gasteiger partial charge >= 0.3 is 0 Å². The van der Waals surface area contributed by atoms with Crippen molar-refractivity contribution in [3.8, 4) is 0 Å². The van der Waals surface area contributed by atoms with Gasteiger partial charge in [-0.05, 0) is 6.42 Å². The topological polar surface area (TPSA) is 35.2 Å². The molecule has 1 N–H and O–H groups in total. The average Bonchev–Trinajstić information content (AvgIpc) is 2.34. The van der Waals surface area contributed by atoms with E-state index in [0.717, 1.165) is 32.7 Å². The molecule has 9 heavy (non-hydrogen) atoms. The Morgan fingerprint density at radius 1 is 1.56 bits per heavy atom. The zero-order valence-corrected chi connectivity index (χ0v) is 5.60. The largest absolute Gasteiger partial charge is 0.303 e. The van der Waals surface area contributed by atoms with Crippen LogP contribution < -0.4 is 5.32 Å². The molecular formula is C6H13N2O. The van der Waals surface area contributed by atoms with Crippen LogP contribution in [0.1, 0.15) is 6.42 Å². The molecular weight excluding hydrogens is 116 g/mol. The predicted molar refractivity (Wildman–Crippen MR) is 34.6 cm³/mol. The Balaban J connectivity index is 1.98. The number of nitrogens with one attached hydrogen (secondary N) is 1. The van der Waals surface area contributed by atoms with Crippen molar-refractivity contribution >= 4 is 0 Å². The van der Waals surface area contributed by atoms with Crippen LogP contribution in [-0.4, -0.2) is 37.8 Å². The first-order valence-electron chi connectivity index (χ1n) is 3.44. The minimum Gasteiger partial charge on any atom is -0.303 e. The van der Waals surface area contributed by atoms with Crippen LogP contribution in [0.5, 0.6) is 0 Å². The van der Waals surface area contributed by atoms with Gasteiger partial charge in [-0.2, -0.15) is 0 Å². The van der Waals surface area contributed by atoms with Gasteiger partial charge in [0.05, 0.1) is 6.61 Å². The second kappa shape index (κ2) is 3.82. The molecule has 0 atom stereocenters. The van der Waals surface area contributed by atoms with E-state index < -0.39 is 0 Å². The van der Waals surface area contributed by atoms with Crippen molar-refractivity contribution in [3.05, 3.63) is 0 Å². The van der Waals surface area contributed by atoms with Gasteiger partial charge in [-0.25, -0.2) is 5.11 Å². The third-order valence-electron chi connectivity index (χ3n) is 1.56. The molecule has 1 rings (SSSR count). The highest BCUT2D eigenvalue weighted by Crippen LogP contribution is 1.92. The Morgan fingerprint density at radius 3 is 3.00 bits per heavy atom. The summed E-state index contributed by atoms with van der Waals surface area (Å²) in [4.78, 5) is 2.26. The Labute approximate surface area is 55.7 Å². The van der Waals surface area contributed by atoms with Crippen LogP contribution in [0.4, 0.5) is 0 Å². The third kappa shape index (κ3) is 2.30. The molecule has 1 aliphatic rings. The van der Waals surface area contributed by atoms with Gasteiger partial charge in [-0.3, -0.25) is 4.90 Å². The van der Waals surface area contributed by atoms with Crippen LogP contribution in [0.15, 0.2) is 0 Å². The molecule has 1 aliphatic heterocycles. The average molecular weight is 129 g/mol. The van der Waals surface area contributed by atoms with Crippen molar-refractivity contribution < 1.29 is 5.11 Å². The molecule has 3 nitrogen and oxygen atoms in total. The van der Waals surface area contributed by atoms with Crippen LogP contribution in [0.2, 0.25) is 0 Å². The van der Waals surface area contributed by atoms with E-state index in [2.05, 4.69) is 10.2 Å². The molecule has 0 aliphatic carbocycles. The summed E-state index contributed by atoms with van der Waals surface area (Å²) in [7, 11) is 0. The summed E-state index contributed by atoms with van der Waals surface area (Å²) in [6.45, 7) is 4.20. The van der Waals surface area contributed by atoms with E-state index in [1.807, 2.05) is 0 Å². The first-order valence-corrected chi connectivity index (χ1v) is 3.44. The van der Waals surface area contributed by atoms with Crippen LogP contribution in [0, 0.1) is 0 Å². The Morgan fingerprint density at radius 2 is 2.44 bits per heavy atom. The predicted octanol–water partition coefficient (Wildman–Crippen LogP) is -0.330. The quantitative estimate of drug-likeness (QED) is 0.566. The number of hydrogen-bond donors (Lipinski definition) is 1. The first-order chi connectivity index (χ1) is 4.43. The van der Waals surface area contributed by atoms with Crippen LogP contribution >= 0.6 is 0 Å². The molecule has 0 amide bonds. The molecule has 0 spiro atoms. The minimum absolute atomic E-state index is 0.0660. The molecule has 1 fully saturated rings. The maximum atomic E-state index is 10.0. The summed E-state index contributed by atoms with van der Waals surface area (Å²) in [5.41, 5.74) is 0. The lowest BCUT2D eigenvalue weighted by atomic mass is 10.4. The molecule has 53 valence electrons. The normalized spacial score (nSPS) is 21.0. The SMILES string of the molecule is [O]CCCN1CCNC1. The van der Waals surface area contributed by atoms with E-state index in [4.69, 9.17) is 0 Å². The maximum Gasteiger partial charge on any atom is 0.0834 e. The molecule has 0 aromatic heterocycles. The third-order valence-corrected chi connectivity index (χ3v) is 1.56. The standard InChI is InChI=1S/C6H13N2O/c9-5-1-3-8-4-2-7-6-8/h7H,1-6H2. The molecule has 0 bridgehead atoms. The van der Waals surface area contributed by atoms with E-state index in [1.165, 1.54) is 0 Å². The van der Waals surface area contributed by atoms with E-state index in [-0.39, 0.29) is 6.61 Å². The molecule has 3 heteroatoms. The molecule has 0 saturated carbocycles. The molecule has 0 unspecified atom stereocenters. The summed E-state index contributed by atoms with van der Waals surface area (Å²) in [5.74, 6) is 0. The van der Waals surface area contributed by atoms with Gasteiger partial charge in [-0.15, -0.1) is 0 Å². The van der Waals surface area contributed by atoms with Gasteiger partial charge in [0, 0.05) is 26.3 Å². The van der Waals surface area contributed by atoms with Gasteiger partial charge in [0.2, 0.25) is 0 Å². The molecule has 0 aromatic rings. The van der Waals surface area contributed by atoms with Crippen molar-refractivity contribution in [3.63, 3.8) is 0 Å². The van der Waals surface area contributed by atoms with Crippen molar-refractivity contribution in [1.29, 1.82) is 0 Å². The van der Waals surface area contributed by atoms with E-state index in [9.17, 15) is 5.11 Å². The monoisotopic (exact) mass is 129 g/mol. The highest BCUT2D eigenvalue weighted by atomic mass is 16.3. The van der Waals surface area contributed by atoms with Gasteiger partial charge < -0.3 is 5.32 Å². The first kappa shape index (κ1) is 6.99. The lowest BCUT2D eigenvalue weighted by Gasteiger charge is -2.10. The smallest absolute Gasteiger partial charge is 0.0834 e. The number of nitrogens with zero attached hydrogens (tertiary/aromatic N) is 1. The van der Waals surface area contributed by atoms with Crippen LogP contribution in [-0.2, 0) is 5.11 Å². The zero-order chi connectivity index (χ0) is 6.53. The molecule has 1 saturated heterocycles. The Kier molecular flexibility index (Phi) is 2.97. The summed E-state index contributed by atoms with van der Waals surface area (Å²) >= 11 is 0. The minimum atomic E-state index is 0.0660. The molecule has 0 aromatic carbocycles. The second-order valence-electron chi connectivity index (χ2n) is 2.33. The Hall–Kier alpha value is -0.120. The lowest BCUT2D eigenvalue weighted by molar-refractivity contribution is 0.172. The fourth-order valence-electron chi connectivity index (χ4n) is 1.03. The second-order valence-corrected chi connectivity index (χ2v) is 2.33. The Bertz CT molecular complexity index is 71.5. The van der Waals surface area contributed by atoms with Gasteiger partial charge in [0.25, 0.3) is 0 Å². The van der Waals surface area contributed by atoms with Crippen LogP contribution in [0.3, 0.4) is 0 Å². The van der Waals surface area contributed by atoms with E-state index >= 15 is 0 Å². The van der Waals surface area contributed by atoms with Gasteiger partial charge in [0.1, 0.15) is 0 Å². The van der Waals surface area contributed by atoms with Gasteiger partial charge in [0.15, 0.2) is 0 Å². The lowest BCUT2D eigenvalue weighted by Crippen LogP contribution is -2.23. The summed E-state index contributed by atoms with van der Waals surface area (Å²) in [5, 5.41) is 13.2. The van der Waals surface area contributed by atoms with E-state index in [0.29, 0.717) is 0 Å². The number of rotatable bonds is 3. The van der Waals surface area contributed by atoms with Crippen molar-refractivity contribution in [2.45, 2.75) is 6.42 Å². The molecule has 1 heterocycles. The zero-order valence-electron chi connectivity index (χ0n) is 5.60. The highest BCUT2D eigenvalue weighted by molar-refractivity contribution is 4.64.